The predicted octanol–water partition coefficient (Wildman–Crippen LogP) is -7.02. The van der Waals surface area contributed by atoms with E-state index in [4.69, 9.17) is 3.01 Å². The van der Waals surface area contributed by atoms with Crippen LogP contribution in [-0.2, 0) is 71.4 Å². The Labute approximate surface area is 220 Å². The summed E-state index contributed by atoms with van der Waals surface area (Å²) < 4.78 is 73.2. The Kier molecular flexibility index (Phi) is 15.6. The summed E-state index contributed by atoms with van der Waals surface area (Å²) in [5.74, 6) is 0. The van der Waals surface area contributed by atoms with Gasteiger partial charge in [-0.1, -0.05) is 0 Å². The summed E-state index contributed by atoms with van der Waals surface area (Å²) in [6.45, 7) is 0. The first kappa shape index (κ1) is 29.3. The molecule has 0 unspecified atom stereocenters. The summed E-state index contributed by atoms with van der Waals surface area (Å²) in [5, 5.41) is 0. The molecule has 0 aliphatic rings. The molecule has 0 aliphatic heterocycles. The number of hydrogen-bond donors (Lipinski definition) is 1. The Hall–Kier alpha value is 2.09. The number of rotatable bonds is 3. The molecule has 2 rings (SSSR count). The first-order valence-corrected chi connectivity index (χ1v) is 16.9. The maximum Gasteiger partial charge on any atom is 1.00 e. The zero-order chi connectivity index (χ0) is 17.7. The predicted molar refractivity (Wildman–Crippen MR) is 70.3 cm³/mol. The summed E-state index contributed by atoms with van der Waals surface area (Å²) in [7, 11) is -8.57. The fourth-order valence-electron chi connectivity index (χ4n) is 1.51. The molecule has 13 heteroatoms. The molecule has 117 valence electrons. The average molecular weight is 776 g/mol. The van der Waals surface area contributed by atoms with Crippen LogP contribution in [0.25, 0.3) is 0 Å². The third kappa shape index (κ3) is 11.0. The van der Waals surface area contributed by atoms with Gasteiger partial charge in [0.2, 0.25) is 0 Å². The summed E-state index contributed by atoms with van der Waals surface area (Å²) in [4.78, 5) is -0.295. The molecule has 0 amide bonds. The largest absolute Gasteiger partial charge is 1.00 e. The van der Waals surface area contributed by atoms with Gasteiger partial charge in [0.25, 0.3) is 0 Å². The van der Waals surface area contributed by atoms with Crippen LogP contribution >= 0.6 is 0 Å². The summed E-state index contributed by atoms with van der Waals surface area (Å²) in [5.41, 5.74) is 0. The van der Waals surface area contributed by atoms with E-state index in [0.717, 1.165) is 3.07 Å². The monoisotopic (exact) mass is 779 g/mol. The van der Waals surface area contributed by atoms with Crippen molar-refractivity contribution in [2.24, 2.45) is 0 Å². The van der Waals surface area contributed by atoms with Crippen molar-refractivity contribution < 1.29 is 139 Å². The SMILES string of the molecule is O=S(=O)([O-])c1cc[c]([Hg][OH])cc1.O=S(=O)([O-])c1cccc[c]1[Hg].[Na+].[Na+]. The molecule has 0 saturated heterocycles. The molecule has 0 aliphatic carbocycles. The Balaban J connectivity index is 0. The van der Waals surface area contributed by atoms with E-state index in [9.17, 15) is 25.9 Å². The summed E-state index contributed by atoms with van der Waals surface area (Å²) in [6.07, 6.45) is 0. The Bertz CT molecular complexity index is 873. The van der Waals surface area contributed by atoms with Crippen LogP contribution in [0, 0.1) is 0 Å². The minimum atomic E-state index is -4.33. The van der Waals surface area contributed by atoms with E-state index < -0.39 is 45.3 Å². The minimum absolute atomic E-state index is 0. The van der Waals surface area contributed by atoms with Crippen LogP contribution in [0.3, 0.4) is 0 Å². The first-order chi connectivity index (χ1) is 10.6. The van der Waals surface area contributed by atoms with Crippen molar-refractivity contribution in [3.05, 3.63) is 48.5 Å². The fourth-order valence-corrected chi connectivity index (χ4v) is 7.40. The average Bonchev–Trinajstić information content (AvgIpc) is 2.46. The first-order valence-electron chi connectivity index (χ1n) is 6.08. The number of hydrogen-bond acceptors (Lipinski definition) is 7. The van der Waals surface area contributed by atoms with E-state index in [1.54, 1.807) is 18.2 Å². The fraction of sp³-hybridized carbons (Fsp3) is 0. The minimum Gasteiger partial charge on any atom is 1.00 e. The second-order valence-electron chi connectivity index (χ2n) is 4.32. The van der Waals surface area contributed by atoms with Gasteiger partial charge in [-0.25, -0.2) is 0 Å². The normalized spacial score (nSPS) is 10.3. The van der Waals surface area contributed by atoms with Crippen molar-refractivity contribution in [1.29, 1.82) is 0 Å². The second kappa shape index (κ2) is 13.3. The third-order valence-electron chi connectivity index (χ3n) is 2.64. The zero-order valence-electron chi connectivity index (χ0n) is 13.7. The molecule has 0 radical (unpaired) electrons. The second-order valence-corrected chi connectivity index (χ2v) is 14.4. The molecule has 0 bridgehead atoms. The van der Waals surface area contributed by atoms with Gasteiger partial charge >= 0.3 is 224 Å². The number of benzene rings is 2. The van der Waals surface area contributed by atoms with Crippen LogP contribution in [0.15, 0.2) is 58.3 Å². The molecule has 0 aromatic heterocycles. The van der Waals surface area contributed by atoms with Gasteiger partial charge in [0, 0.05) is 0 Å². The standard InChI is InChI=1S/2C6H5O3S.2Hg.2Na.H2O/c2*7-10(8,9)6-4-2-1-3-5-6;;;;;/h2-5H,(H,7,8,9);1-4H,(H,7,8,9);;;;;1H2/q;;;3*+1;/p-3. The van der Waals surface area contributed by atoms with E-state index in [2.05, 4.69) is 0 Å². The molecular weight excluding hydrogens is 767 g/mol. The smallest absolute Gasteiger partial charge is 1.00 e. The quantitative estimate of drug-likeness (QED) is 0.242. The summed E-state index contributed by atoms with van der Waals surface area (Å²) >= 11 is -1.75. The van der Waals surface area contributed by atoms with Gasteiger partial charge < -0.3 is 0 Å². The van der Waals surface area contributed by atoms with E-state index >= 15 is 0 Å². The zero-order valence-corrected chi connectivity index (χ0v) is 30.4. The molecular formula is C12H9Hg2Na2O7S2. The van der Waals surface area contributed by atoms with E-state index in [-0.39, 0.29) is 95.0 Å². The molecule has 0 saturated carbocycles. The molecule has 1 N–H and O–H groups in total. The van der Waals surface area contributed by atoms with Gasteiger partial charge in [-0.05, 0) is 0 Å². The van der Waals surface area contributed by atoms with Crippen LogP contribution < -0.4 is 65.3 Å². The molecule has 7 nitrogen and oxygen atoms in total. The van der Waals surface area contributed by atoms with Crippen molar-refractivity contribution in [2.75, 3.05) is 0 Å². The molecule has 0 fully saturated rings. The van der Waals surface area contributed by atoms with E-state index in [0.29, 0.717) is 3.07 Å². The molecule has 0 spiro atoms. The molecule has 25 heavy (non-hydrogen) atoms. The van der Waals surface area contributed by atoms with Crippen molar-refractivity contribution in [2.45, 2.75) is 9.79 Å². The van der Waals surface area contributed by atoms with Crippen LogP contribution in [0.5, 0.6) is 0 Å². The van der Waals surface area contributed by atoms with Crippen LogP contribution in [-0.4, -0.2) is 29.0 Å². The van der Waals surface area contributed by atoms with Crippen LogP contribution in [0.2, 0.25) is 0 Å². The van der Waals surface area contributed by atoms with E-state index in [1.807, 2.05) is 0 Å². The molecule has 0 atom stereocenters. The Morgan fingerprint density at radius 1 is 0.840 bits per heavy atom. The van der Waals surface area contributed by atoms with Crippen molar-refractivity contribution in [3.8, 4) is 0 Å². The van der Waals surface area contributed by atoms with Gasteiger partial charge in [0.15, 0.2) is 0 Å². The maximum atomic E-state index is 10.5. The Morgan fingerprint density at radius 2 is 1.32 bits per heavy atom. The Morgan fingerprint density at radius 3 is 1.64 bits per heavy atom. The van der Waals surface area contributed by atoms with Gasteiger partial charge in [0.05, 0.1) is 0 Å². The maximum absolute atomic E-state index is 10.5. The van der Waals surface area contributed by atoms with E-state index in [1.165, 1.54) is 30.3 Å². The molecule has 0 heterocycles. The van der Waals surface area contributed by atoms with Crippen molar-refractivity contribution >= 4 is 26.4 Å². The van der Waals surface area contributed by atoms with Crippen LogP contribution in [0.1, 0.15) is 0 Å². The van der Waals surface area contributed by atoms with Gasteiger partial charge in [0.1, 0.15) is 0 Å². The van der Waals surface area contributed by atoms with Gasteiger partial charge in [-0.3, -0.25) is 0 Å². The van der Waals surface area contributed by atoms with Crippen molar-refractivity contribution in [3.63, 3.8) is 0 Å². The van der Waals surface area contributed by atoms with Crippen LogP contribution in [0.4, 0.5) is 0 Å². The molecule has 2 aromatic rings. The molecule has 2 aromatic carbocycles. The summed E-state index contributed by atoms with van der Waals surface area (Å²) in [6, 6.07) is 11.8. The van der Waals surface area contributed by atoms with Crippen molar-refractivity contribution in [1.82, 2.24) is 0 Å². The third-order valence-corrected chi connectivity index (χ3v) is 11.1. The topological polar surface area (TPSA) is 135 Å². The van der Waals surface area contributed by atoms with Gasteiger partial charge in [-0.15, -0.1) is 0 Å². The van der Waals surface area contributed by atoms with Gasteiger partial charge in [-0.2, -0.15) is 0 Å².